The molecule has 130 valence electrons. The molecule has 6 heteroatoms. The number of hydrogen-bond donors (Lipinski definition) is 0. The second-order valence-electron chi connectivity index (χ2n) is 5.82. The average Bonchev–Trinajstić information content (AvgIpc) is 3.03. The lowest BCUT2D eigenvalue weighted by Crippen LogP contribution is -2.22. The van der Waals surface area contributed by atoms with E-state index in [4.69, 9.17) is 9.15 Å². The number of rotatable bonds is 4. The van der Waals surface area contributed by atoms with Crippen molar-refractivity contribution in [3.63, 3.8) is 0 Å². The van der Waals surface area contributed by atoms with Crippen LogP contribution in [0.2, 0.25) is 0 Å². The van der Waals surface area contributed by atoms with Gasteiger partial charge in [0.1, 0.15) is 5.58 Å². The van der Waals surface area contributed by atoms with Crippen molar-refractivity contribution in [1.29, 1.82) is 0 Å². The van der Waals surface area contributed by atoms with Crippen LogP contribution in [0.4, 0.5) is 0 Å². The van der Waals surface area contributed by atoms with Crippen molar-refractivity contribution in [3.05, 3.63) is 76.5 Å². The first-order valence-electron chi connectivity index (χ1n) is 8.30. The fourth-order valence-corrected chi connectivity index (χ4v) is 3.01. The average molecular weight is 348 g/mol. The summed E-state index contributed by atoms with van der Waals surface area (Å²) in [6.07, 6.45) is 1.49. The Hall–Kier alpha value is -3.41. The van der Waals surface area contributed by atoms with E-state index < -0.39 is 5.97 Å². The fourth-order valence-electron chi connectivity index (χ4n) is 3.01. The van der Waals surface area contributed by atoms with E-state index in [0.717, 1.165) is 5.39 Å². The van der Waals surface area contributed by atoms with Crippen LogP contribution in [0.15, 0.2) is 64.1 Å². The zero-order valence-electron chi connectivity index (χ0n) is 14.1. The van der Waals surface area contributed by atoms with Crippen LogP contribution in [0.3, 0.4) is 0 Å². The monoisotopic (exact) mass is 348 g/mol. The molecule has 2 aromatic carbocycles. The largest absolute Gasteiger partial charge is 0.460 e. The number of fused-ring (bicyclic) bond motifs is 2. The molecule has 0 atom stereocenters. The van der Waals surface area contributed by atoms with Gasteiger partial charge in [0, 0.05) is 10.9 Å². The second-order valence-corrected chi connectivity index (χ2v) is 5.82. The normalized spacial score (nSPS) is 11.1. The number of benzene rings is 2. The lowest BCUT2D eigenvalue weighted by molar-refractivity contribution is 0.0490. The van der Waals surface area contributed by atoms with E-state index >= 15 is 0 Å². The summed E-state index contributed by atoms with van der Waals surface area (Å²) in [7, 11) is 0. The minimum Gasteiger partial charge on any atom is -0.460 e. The quantitative estimate of drug-likeness (QED) is 0.529. The Morgan fingerprint density at radius 3 is 2.65 bits per heavy atom. The zero-order chi connectivity index (χ0) is 18.1. The van der Waals surface area contributed by atoms with Gasteiger partial charge < -0.3 is 9.15 Å². The van der Waals surface area contributed by atoms with Gasteiger partial charge in [-0.05, 0) is 25.1 Å². The van der Waals surface area contributed by atoms with Crippen molar-refractivity contribution < 1.29 is 13.9 Å². The molecular weight excluding hydrogens is 332 g/mol. The van der Waals surface area contributed by atoms with Crippen LogP contribution < -0.4 is 5.56 Å². The minimum absolute atomic E-state index is 0.119. The first kappa shape index (κ1) is 16.1. The molecule has 0 aliphatic rings. The van der Waals surface area contributed by atoms with Crippen molar-refractivity contribution in [1.82, 2.24) is 9.55 Å². The van der Waals surface area contributed by atoms with Crippen LogP contribution in [0.25, 0.3) is 21.9 Å². The number of nitrogens with zero attached hydrogens (tertiary/aromatic N) is 2. The summed E-state index contributed by atoms with van der Waals surface area (Å²) in [5.41, 5.74) is 1.65. The molecule has 0 unspecified atom stereocenters. The van der Waals surface area contributed by atoms with Gasteiger partial charge >= 0.3 is 5.97 Å². The van der Waals surface area contributed by atoms with Crippen LogP contribution in [0.5, 0.6) is 0 Å². The highest BCUT2D eigenvalue weighted by atomic mass is 16.5. The summed E-state index contributed by atoms with van der Waals surface area (Å²) in [6, 6.07) is 14.5. The molecule has 0 N–H and O–H groups in total. The highest BCUT2D eigenvalue weighted by molar-refractivity contribution is 5.96. The summed E-state index contributed by atoms with van der Waals surface area (Å²) in [5.74, 6) is -0.423. The van der Waals surface area contributed by atoms with Gasteiger partial charge in [0.2, 0.25) is 5.76 Å². The van der Waals surface area contributed by atoms with Crippen LogP contribution in [-0.4, -0.2) is 22.1 Å². The predicted octanol–water partition coefficient (Wildman–Crippen LogP) is 3.37. The van der Waals surface area contributed by atoms with E-state index in [1.165, 1.54) is 10.9 Å². The molecule has 0 aliphatic heterocycles. The number of carbonyl (C=O) groups excluding carboxylic acids is 1. The molecular formula is C20H16N2O4. The zero-order valence-corrected chi connectivity index (χ0v) is 14.1. The molecule has 0 amide bonds. The molecule has 2 aromatic heterocycles. The van der Waals surface area contributed by atoms with Crippen molar-refractivity contribution in [2.24, 2.45) is 0 Å². The Bertz CT molecular complexity index is 1170. The van der Waals surface area contributed by atoms with Gasteiger partial charge in [-0.15, -0.1) is 0 Å². The van der Waals surface area contributed by atoms with Gasteiger partial charge in [0.25, 0.3) is 5.56 Å². The molecule has 4 rings (SSSR count). The Kier molecular flexibility index (Phi) is 4.01. The Balaban J connectivity index is 1.87. The van der Waals surface area contributed by atoms with Gasteiger partial charge in [-0.3, -0.25) is 9.36 Å². The van der Waals surface area contributed by atoms with Crippen molar-refractivity contribution in [2.75, 3.05) is 6.61 Å². The van der Waals surface area contributed by atoms with Crippen LogP contribution in [0.1, 0.15) is 23.0 Å². The molecule has 0 aliphatic carbocycles. The number of aromatic nitrogens is 2. The van der Waals surface area contributed by atoms with Crippen molar-refractivity contribution in [3.8, 4) is 0 Å². The summed E-state index contributed by atoms with van der Waals surface area (Å²) < 4.78 is 12.3. The molecule has 0 spiro atoms. The number of furan rings is 1. The third-order valence-corrected chi connectivity index (χ3v) is 4.22. The highest BCUT2D eigenvalue weighted by Crippen LogP contribution is 2.27. The molecule has 0 saturated carbocycles. The second kappa shape index (κ2) is 6.48. The summed E-state index contributed by atoms with van der Waals surface area (Å²) in [6.45, 7) is 2.15. The predicted molar refractivity (Wildman–Crippen MR) is 97.3 cm³/mol. The van der Waals surface area contributed by atoms with Gasteiger partial charge in [-0.25, -0.2) is 9.78 Å². The first-order valence-corrected chi connectivity index (χ1v) is 8.30. The molecule has 0 fully saturated rings. The van der Waals surface area contributed by atoms with Crippen molar-refractivity contribution in [2.45, 2.75) is 13.5 Å². The standard InChI is InChI=1S/C20H16N2O4/c1-2-25-20(24)18-15(13-7-4-6-10-17(13)26-18)11-22-12-21-16-9-5-3-8-14(16)19(22)23/h3-10,12H,2,11H2,1H3. The Morgan fingerprint density at radius 1 is 1.12 bits per heavy atom. The first-order chi connectivity index (χ1) is 12.7. The smallest absolute Gasteiger partial charge is 0.374 e. The third kappa shape index (κ3) is 2.65. The van der Waals surface area contributed by atoms with Gasteiger partial charge in [-0.1, -0.05) is 30.3 Å². The third-order valence-electron chi connectivity index (χ3n) is 4.22. The minimum atomic E-state index is -0.541. The van der Waals surface area contributed by atoms with E-state index in [-0.39, 0.29) is 24.5 Å². The highest BCUT2D eigenvalue weighted by Gasteiger charge is 2.22. The lowest BCUT2D eigenvalue weighted by Gasteiger charge is -2.07. The van der Waals surface area contributed by atoms with E-state index in [2.05, 4.69) is 4.98 Å². The van der Waals surface area contributed by atoms with E-state index in [1.807, 2.05) is 24.3 Å². The molecule has 26 heavy (non-hydrogen) atoms. The SMILES string of the molecule is CCOC(=O)c1oc2ccccc2c1Cn1cnc2ccccc2c1=O. The summed E-state index contributed by atoms with van der Waals surface area (Å²) in [5, 5.41) is 1.30. The number of ether oxygens (including phenoxy) is 1. The number of carbonyl (C=O) groups is 1. The fraction of sp³-hybridized carbons (Fsp3) is 0.150. The maximum atomic E-state index is 12.8. The summed E-state index contributed by atoms with van der Waals surface area (Å²) >= 11 is 0. The van der Waals surface area contributed by atoms with E-state index in [1.54, 1.807) is 31.2 Å². The molecule has 2 heterocycles. The molecule has 0 radical (unpaired) electrons. The maximum Gasteiger partial charge on any atom is 0.374 e. The molecule has 4 aromatic rings. The number of para-hydroxylation sites is 2. The Labute approximate surface area is 148 Å². The van der Waals surface area contributed by atoms with E-state index in [9.17, 15) is 9.59 Å². The van der Waals surface area contributed by atoms with Gasteiger partial charge in [0.05, 0.1) is 30.4 Å². The number of esters is 1. The van der Waals surface area contributed by atoms with Crippen LogP contribution in [-0.2, 0) is 11.3 Å². The Morgan fingerprint density at radius 2 is 1.85 bits per heavy atom. The maximum absolute atomic E-state index is 12.8. The molecule has 6 nitrogen and oxygen atoms in total. The number of hydrogen-bond acceptors (Lipinski definition) is 5. The van der Waals surface area contributed by atoms with E-state index in [0.29, 0.717) is 22.0 Å². The molecule has 0 saturated heterocycles. The topological polar surface area (TPSA) is 74.3 Å². The van der Waals surface area contributed by atoms with Crippen molar-refractivity contribution >= 4 is 27.8 Å². The summed E-state index contributed by atoms with van der Waals surface area (Å²) in [4.78, 5) is 29.4. The van der Waals surface area contributed by atoms with Gasteiger partial charge in [0.15, 0.2) is 0 Å². The lowest BCUT2D eigenvalue weighted by atomic mass is 10.1. The molecule has 0 bridgehead atoms. The van der Waals surface area contributed by atoms with Crippen LogP contribution >= 0.6 is 0 Å². The van der Waals surface area contributed by atoms with Crippen LogP contribution in [0, 0.1) is 0 Å². The van der Waals surface area contributed by atoms with Gasteiger partial charge in [-0.2, -0.15) is 0 Å².